The summed E-state index contributed by atoms with van der Waals surface area (Å²) >= 11 is 0. The summed E-state index contributed by atoms with van der Waals surface area (Å²) in [5, 5.41) is 0. The van der Waals surface area contributed by atoms with Gasteiger partial charge in [-0.1, -0.05) is 36.9 Å². The molecule has 1 amide bonds. The van der Waals surface area contributed by atoms with E-state index in [1.54, 1.807) is 0 Å². The summed E-state index contributed by atoms with van der Waals surface area (Å²) in [6.07, 6.45) is 2.14. The van der Waals surface area contributed by atoms with E-state index in [1.165, 1.54) is 11.6 Å². The van der Waals surface area contributed by atoms with E-state index in [2.05, 4.69) is 18.7 Å². The van der Waals surface area contributed by atoms with Gasteiger partial charge in [-0.15, -0.1) is 0 Å². The van der Waals surface area contributed by atoms with E-state index in [9.17, 15) is 4.79 Å². The van der Waals surface area contributed by atoms with Gasteiger partial charge in [0.2, 0.25) is 5.91 Å². The molecule has 1 atom stereocenters. The molecular formula is C17H23NO2. The quantitative estimate of drug-likeness (QED) is 0.792. The number of nitrogens with zero attached hydrogens (tertiary/aromatic N) is 1. The van der Waals surface area contributed by atoms with Gasteiger partial charge in [0.15, 0.2) is 0 Å². The Hall–Kier alpha value is -1.61. The molecule has 0 N–H and O–H groups in total. The third-order valence-electron chi connectivity index (χ3n) is 3.89. The highest BCUT2D eigenvalue weighted by Crippen LogP contribution is 2.40. The molecule has 108 valence electrons. The molecule has 0 aromatic heterocycles. The first-order valence-corrected chi connectivity index (χ1v) is 6.98. The second-order valence-corrected chi connectivity index (χ2v) is 6.27. The van der Waals surface area contributed by atoms with Crippen molar-refractivity contribution >= 4 is 5.91 Å². The van der Waals surface area contributed by atoms with Crippen molar-refractivity contribution in [3.05, 3.63) is 48.6 Å². The highest BCUT2D eigenvalue weighted by Gasteiger charge is 2.53. The molecule has 0 bridgehead atoms. The van der Waals surface area contributed by atoms with Crippen LogP contribution in [0.2, 0.25) is 0 Å². The Morgan fingerprint density at radius 2 is 1.90 bits per heavy atom. The molecule has 1 heterocycles. The largest absolute Gasteiger partial charge is 0.348 e. The third-order valence-corrected chi connectivity index (χ3v) is 3.89. The lowest BCUT2D eigenvalue weighted by Crippen LogP contribution is -2.49. The number of ether oxygens (including phenoxy) is 1. The summed E-state index contributed by atoms with van der Waals surface area (Å²) in [6, 6.07) is 10.2. The van der Waals surface area contributed by atoms with Gasteiger partial charge in [-0.05, 0) is 45.8 Å². The maximum atomic E-state index is 12.2. The molecule has 0 radical (unpaired) electrons. The lowest BCUT2D eigenvalue weighted by molar-refractivity contribution is -0.144. The zero-order chi connectivity index (χ0) is 15.0. The van der Waals surface area contributed by atoms with Crippen LogP contribution in [0, 0.1) is 0 Å². The predicted molar refractivity (Wildman–Crippen MR) is 80.2 cm³/mol. The molecule has 20 heavy (non-hydrogen) atoms. The summed E-state index contributed by atoms with van der Waals surface area (Å²) < 4.78 is 6.11. The predicted octanol–water partition coefficient (Wildman–Crippen LogP) is 3.16. The van der Waals surface area contributed by atoms with E-state index >= 15 is 0 Å². The number of hydrogen-bond acceptors (Lipinski definition) is 2. The second-order valence-electron chi connectivity index (χ2n) is 6.27. The van der Waals surface area contributed by atoms with Crippen LogP contribution in [0.5, 0.6) is 0 Å². The van der Waals surface area contributed by atoms with Crippen LogP contribution < -0.4 is 0 Å². The minimum atomic E-state index is -0.617. The fourth-order valence-electron chi connectivity index (χ4n) is 3.14. The third kappa shape index (κ3) is 2.63. The molecule has 3 heteroatoms. The minimum absolute atomic E-state index is 0.00889. The Morgan fingerprint density at radius 1 is 1.30 bits per heavy atom. The van der Waals surface area contributed by atoms with Crippen LogP contribution in [-0.4, -0.2) is 28.2 Å². The minimum Gasteiger partial charge on any atom is -0.348 e. The fraction of sp³-hybridized carbons (Fsp3) is 0.471. The van der Waals surface area contributed by atoms with Crippen molar-refractivity contribution in [1.82, 2.24) is 4.90 Å². The molecule has 3 nitrogen and oxygen atoms in total. The average Bonchev–Trinajstić information content (AvgIpc) is 2.55. The number of hydrogen-bond donors (Lipinski definition) is 0. The van der Waals surface area contributed by atoms with E-state index < -0.39 is 11.3 Å². The Bertz CT molecular complexity index is 505. The van der Waals surface area contributed by atoms with Gasteiger partial charge in [-0.3, -0.25) is 4.79 Å². The van der Waals surface area contributed by atoms with Crippen molar-refractivity contribution in [3.8, 4) is 0 Å². The summed E-state index contributed by atoms with van der Waals surface area (Å²) in [4.78, 5) is 14.1. The molecule has 0 spiro atoms. The van der Waals surface area contributed by atoms with E-state index in [0.29, 0.717) is 0 Å². The summed E-state index contributed by atoms with van der Waals surface area (Å²) in [5.74, 6) is -0.0819. The van der Waals surface area contributed by atoms with Crippen molar-refractivity contribution < 1.29 is 9.53 Å². The van der Waals surface area contributed by atoms with Gasteiger partial charge in [-0.2, -0.15) is 0 Å². The Kier molecular flexibility index (Phi) is 3.74. The SMILES string of the molecule is C=CC(=O)N1[C@H](Cc2ccccc2)C(C)(C)OC1(C)C. The van der Waals surface area contributed by atoms with Crippen LogP contribution in [0.4, 0.5) is 0 Å². The summed E-state index contributed by atoms with van der Waals surface area (Å²) in [6.45, 7) is 11.6. The highest BCUT2D eigenvalue weighted by molar-refractivity contribution is 5.88. The molecular weight excluding hydrogens is 250 g/mol. The van der Waals surface area contributed by atoms with Gasteiger partial charge < -0.3 is 9.64 Å². The van der Waals surface area contributed by atoms with Crippen LogP contribution >= 0.6 is 0 Å². The zero-order valence-electron chi connectivity index (χ0n) is 12.7. The maximum absolute atomic E-state index is 12.2. The normalized spacial score (nSPS) is 23.6. The molecule has 1 fully saturated rings. The van der Waals surface area contributed by atoms with Gasteiger partial charge in [0.1, 0.15) is 5.72 Å². The Balaban J connectivity index is 2.35. The molecule has 0 unspecified atom stereocenters. The number of amides is 1. The van der Waals surface area contributed by atoms with E-state index in [4.69, 9.17) is 4.74 Å². The molecule has 0 saturated carbocycles. The average molecular weight is 273 g/mol. The lowest BCUT2D eigenvalue weighted by atomic mass is 9.92. The van der Waals surface area contributed by atoms with E-state index in [1.807, 2.05) is 50.8 Å². The van der Waals surface area contributed by atoms with Gasteiger partial charge >= 0.3 is 0 Å². The smallest absolute Gasteiger partial charge is 0.248 e. The maximum Gasteiger partial charge on any atom is 0.248 e. The molecule has 1 aliphatic heterocycles. The number of rotatable bonds is 3. The molecule has 1 aliphatic rings. The first-order chi connectivity index (χ1) is 9.28. The van der Waals surface area contributed by atoms with Gasteiger partial charge in [0, 0.05) is 0 Å². The summed E-state index contributed by atoms with van der Waals surface area (Å²) in [5.41, 5.74) is 0.195. The van der Waals surface area contributed by atoms with Crippen LogP contribution in [0.15, 0.2) is 43.0 Å². The number of carbonyl (C=O) groups is 1. The fourth-order valence-corrected chi connectivity index (χ4v) is 3.14. The molecule has 0 aliphatic carbocycles. The van der Waals surface area contributed by atoms with Gasteiger partial charge in [0.05, 0.1) is 11.6 Å². The van der Waals surface area contributed by atoms with Gasteiger partial charge in [-0.25, -0.2) is 0 Å². The molecule has 1 aromatic carbocycles. The number of benzene rings is 1. The van der Waals surface area contributed by atoms with Crippen molar-refractivity contribution in [3.63, 3.8) is 0 Å². The second kappa shape index (κ2) is 5.06. The first-order valence-electron chi connectivity index (χ1n) is 6.98. The monoisotopic (exact) mass is 273 g/mol. The van der Waals surface area contributed by atoms with Gasteiger partial charge in [0.25, 0.3) is 0 Å². The van der Waals surface area contributed by atoms with Crippen LogP contribution in [0.25, 0.3) is 0 Å². The lowest BCUT2D eigenvalue weighted by Gasteiger charge is -2.33. The van der Waals surface area contributed by atoms with Crippen molar-refractivity contribution in [1.29, 1.82) is 0 Å². The van der Waals surface area contributed by atoms with Crippen molar-refractivity contribution in [2.75, 3.05) is 0 Å². The van der Waals surface area contributed by atoms with Crippen LogP contribution in [0.3, 0.4) is 0 Å². The Morgan fingerprint density at radius 3 is 2.45 bits per heavy atom. The van der Waals surface area contributed by atoms with E-state index in [-0.39, 0.29) is 11.9 Å². The standard InChI is InChI=1S/C17H23NO2/c1-6-15(19)18-14(12-13-10-8-7-9-11-13)16(2,3)20-17(18,4)5/h6-11,14H,1,12H2,2-5H3/t14-/m1/s1. The highest BCUT2D eigenvalue weighted by atomic mass is 16.6. The number of carbonyl (C=O) groups excluding carboxylic acids is 1. The zero-order valence-corrected chi connectivity index (χ0v) is 12.7. The topological polar surface area (TPSA) is 29.5 Å². The molecule has 2 rings (SSSR count). The van der Waals surface area contributed by atoms with E-state index in [0.717, 1.165) is 6.42 Å². The Labute approximate surface area is 121 Å². The first kappa shape index (κ1) is 14.8. The van der Waals surface area contributed by atoms with Crippen LogP contribution in [-0.2, 0) is 16.0 Å². The molecule has 1 aromatic rings. The van der Waals surface area contributed by atoms with Crippen molar-refractivity contribution in [2.24, 2.45) is 0 Å². The summed E-state index contributed by atoms with van der Waals surface area (Å²) in [7, 11) is 0. The van der Waals surface area contributed by atoms with Crippen molar-refractivity contribution in [2.45, 2.75) is 51.5 Å². The molecule has 1 saturated heterocycles. The van der Waals surface area contributed by atoms with Crippen LogP contribution in [0.1, 0.15) is 33.3 Å².